The first-order valence-electron chi connectivity index (χ1n) is 4.35. The van der Waals surface area contributed by atoms with Crippen LogP contribution < -0.4 is 0 Å². The van der Waals surface area contributed by atoms with Crippen LogP contribution in [0.4, 0.5) is 5.69 Å². The molecule has 0 fully saturated rings. The van der Waals surface area contributed by atoms with E-state index < -0.39 is 21.7 Å². The Bertz CT molecular complexity index is 440. The Kier molecular flexibility index (Phi) is 3.29. The van der Waals surface area contributed by atoms with Gasteiger partial charge in [-0.3, -0.25) is 25.0 Å². The van der Waals surface area contributed by atoms with Gasteiger partial charge in [0.05, 0.1) is 4.92 Å². The molecule has 0 spiro atoms. The highest BCUT2D eigenvalue weighted by Gasteiger charge is 2.25. The fraction of sp³-hybridized carbons (Fsp3) is 0.222. The lowest BCUT2D eigenvalue weighted by atomic mass is 10.1. The molecule has 0 heterocycles. The number of Topliss-reactive ketones (excluding diaryl/α,β-unsaturated/α-hetero) is 1. The van der Waals surface area contributed by atoms with Gasteiger partial charge in [0.2, 0.25) is 5.78 Å². The van der Waals surface area contributed by atoms with E-state index in [-0.39, 0.29) is 11.3 Å². The van der Waals surface area contributed by atoms with Crippen molar-refractivity contribution in [2.24, 2.45) is 0 Å². The maximum absolute atomic E-state index is 11.5. The molecule has 1 unspecified atom stereocenters. The summed E-state index contributed by atoms with van der Waals surface area (Å²) in [5, 5.41) is 20.7. The molecule has 0 aliphatic rings. The number of hydrogen-bond acceptors (Lipinski definition) is 5. The van der Waals surface area contributed by atoms with Crippen LogP contribution in [0, 0.1) is 20.2 Å². The van der Waals surface area contributed by atoms with Gasteiger partial charge in [0.15, 0.2) is 0 Å². The zero-order valence-electron chi connectivity index (χ0n) is 8.32. The van der Waals surface area contributed by atoms with Crippen molar-refractivity contribution in [3.63, 3.8) is 0 Å². The Morgan fingerprint density at radius 1 is 1.19 bits per heavy atom. The second kappa shape index (κ2) is 4.47. The van der Waals surface area contributed by atoms with Crippen molar-refractivity contribution in [1.29, 1.82) is 0 Å². The normalized spacial score (nSPS) is 11.8. The van der Waals surface area contributed by atoms with Gasteiger partial charge in [-0.2, -0.15) is 0 Å². The summed E-state index contributed by atoms with van der Waals surface area (Å²) in [6.45, 7) is 1.17. The summed E-state index contributed by atoms with van der Waals surface area (Å²) in [4.78, 5) is 30.8. The standard InChI is InChI=1S/C9H8N2O5/c1-6(10(13)14)9(12)7-2-4-8(5-3-7)11(15)16/h2-6H,1H3. The lowest BCUT2D eigenvalue weighted by Crippen LogP contribution is -2.25. The largest absolute Gasteiger partial charge is 0.286 e. The molecule has 0 aromatic heterocycles. The molecule has 1 atom stereocenters. The lowest BCUT2D eigenvalue weighted by molar-refractivity contribution is -0.500. The number of nitro benzene ring substituents is 1. The number of benzene rings is 1. The molecule has 1 rings (SSSR count). The summed E-state index contributed by atoms with van der Waals surface area (Å²) in [7, 11) is 0. The topological polar surface area (TPSA) is 103 Å². The number of non-ortho nitro benzene ring substituents is 1. The van der Waals surface area contributed by atoms with Gasteiger partial charge in [0, 0.05) is 29.5 Å². The molecule has 1 aromatic rings. The first kappa shape index (κ1) is 11.8. The SMILES string of the molecule is CC(C(=O)c1ccc([N+](=O)[O-])cc1)[N+](=O)[O-]. The molecule has 7 heteroatoms. The fourth-order valence-electron chi connectivity index (χ4n) is 1.08. The highest BCUT2D eigenvalue weighted by Crippen LogP contribution is 2.13. The predicted molar refractivity (Wildman–Crippen MR) is 53.9 cm³/mol. The minimum Gasteiger partial charge on any atom is -0.286 e. The Morgan fingerprint density at radius 3 is 2.06 bits per heavy atom. The Balaban J connectivity index is 2.94. The number of nitro groups is 2. The molecule has 7 nitrogen and oxygen atoms in total. The Morgan fingerprint density at radius 2 is 1.69 bits per heavy atom. The third-order valence-electron chi connectivity index (χ3n) is 2.06. The highest BCUT2D eigenvalue weighted by atomic mass is 16.6. The van der Waals surface area contributed by atoms with Crippen LogP contribution in [0.3, 0.4) is 0 Å². The second-order valence-electron chi connectivity index (χ2n) is 3.13. The van der Waals surface area contributed by atoms with Crippen molar-refractivity contribution in [1.82, 2.24) is 0 Å². The number of ketones is 1. The number of hydrogen-bond donors (Lipinski definition) is 0. The van der Waals surface area contributed by atoms with Gasteiger partial charge in [-0.15, -0.1) is 0 Å². The number of rotatable bonds is 4. The first-order valence-corrected chi connectivity index (χ1v) is 4.35. The van der Waals surface area contributed by atoms with Crippen LogP contribution in [-0.2, 0) is 0 Å². The summed E-state index contributed by atoms with van der Waals surface area (Å²) in [6, 6.07) is 3.35. The average molecular weight is 224 g/mol. The van der Waals surface area contributed by atoms with Gasteiger partial charge < -0.3 is 0 Å². The monoisotopic (exact) mass is 224 g/mol. The Labute approximate surface area is 90.0 Å². The van der Waals surface area contributed by atoms with Crippen LogP contribution in [0.25, 0.3) is 0 Å². The van der Waals surface area contributed by atoms with E-state index in [1.165, 1.54) is 19.1 Å². The van der Waals surface area contributed by atoms with Gasteiger partial charge in [-0.25, -0.2) is 0 Å². The number of carbonyl (C=O) groups excluding carboxylic acids is 1. The van der Waals surface area contributed by atoms with E-state index in [1.807, 2.05) is 0 Å². The van der Waals surface area contributed by atoms with E-state index in [2.05, 4.69) is 0 Å². The lowest BCUT2D eigenvalue weighted by Gasteiger charge is -2.02. The van der Waals surface area contributed by atoms with E-state index in [1.54, 1.807) is 0 Å². The maximum Gasteiger partial charge on any atom is 0.272 e. The molecule has 0 saturated heterocycles. The smallest absolute Gasteiger partial charge is 0.272 e. The van der Waals surface area contributed by atoms with Crippen LogP contribution in [0.5, 0.6) is 0 Å². The molecule has 1 aromatic carbocycles. The minimum absolute atomic E-state index is 0.0924. The van der Waals surface area contributed by atoms with Crippen LogP contribution in [0.15, 0.2) is 24.3 Å². The predicted octanol–water partition coefficient (Wildman–Crippen LogP) is 1.44. The third-order valence-corrected chi connectivity index (χ3v) is 2.06. The van der Waals surface area contributed by atoms with Gasteiger partial charge in [0.25, 0.3) is 11.7 Å². The van der Waals surface area contributed by atoms with Gasteiger partial charge in [0.1, 0.15) is 0 Å². The molecule has 0 N–H and O–H groups in total. The molecule has 0 radical (unpaired) electrons. The minimum atomic E-state index is -1.35. The zero-order valence-corrected chi connectivity index (χ0v) is 8.32. The second-order valence-corrected chi connectivity index (χ2v) is 3.13. The molecule has 84 valence electrons. The van der Waals surface area contributed by atoms with Gasteiger partial charge in [-0.05, 0) is 12.1 Å². The van der Waals surface area contributed by atoms with Crippen molar-refractivity contribution >= 4 is 11.5 Å². The summed E-state index contributed by atoms with van der Waals surface area (Å²) < 4.78 is 0. The molecular formula is C9H8N2O5. The quantitative estimate of drug-likeness (QED) is 0.437. The van der Waals surface area contributed by atoms with Crippen LogP contribution >= 0.6 is 0 Å². The van der Waals surface area contributed by atoms with E-state index in [0.717, 1.165) is 12.1 Å². The summed E-state index contributed by atoms with van der Waals surface area (Å²) in [6.07, 6.45) is 0. The molecule has 0 aliphatic carbocycles. The highest BCUT2D eigenvalue weighted by molar-refractivity contribution is 5.99. The Hall–Kier alpha value is -2.31. The van der Waals surface area contributed by atoms with E-state index >= 15 is 0 Å². The van der Waals surface area contributed by atoms with Crippen molar-refractivity contribution < 1.29 is 14.6 Å². The summed E-state index contributed by atoms with van der Waals surface area (Å²) >= 11 is 0. The van der Waals surface area contributed by atoms with E-state index in [9.17, 15) is 25.0 Å². The number of carbonyl (C=O) groups is 1. The van der Waals surface area contributed by atoms with E-state index in [4.69, 9.17) is 0 Å². The van der Waals surface area contributed by atoms with Gasteiger partial charge in [-0.1, -0.05) is 0 Å². The van der Waals surface area contributed by atoms with Crippen LogP contribution in [0.2, 0.25) is 0 Å². The molecule has 16 heavy (non-hydrogen) atoms. The molecule has 0 saturated carbocycles. The average Bonchev–Trinajstić information content (AvgIpc) is 2.27. The third kappa shape index (κ3) is 2.38. The van der Waals surface area contributed by atoms with Crippen LogP contribution in [-0.4, -0.2) is 21.7 Å². The summed E-state index contributed by atoms with van der Waals surface area (Å²) in [5.74, 6) is -0.667. The fourth-order valence-corrected chi connectivity index (χ4v) is 1.08. The van der Waals surface area contributed by atoms with Crippen molar-refractivity contribution in [2.45, 2.75) is 13.0 Å². The molecule has 0 amide bonds. The molecule has 0 aliphatic heterocycles. The number of nitrogens with zero attached hydrogens (tertiary/aromatic N) is 2. The molecule has 0 bridgehead atoms. The van der Waals surface area contributed by atoms with Crippen LogP contribution in [0.1, 0.15) is 17.3 Å². The van der Waals surface area contributed by atoms with Crippen molar-refractivity contribution in [3.05, 3.63) is 50.1 Å². The van der Waals surface area contributed by atoms with Crippen molar-refractivity contribution in [2.75, 3.05) is 0 Å². The first-order chi connectivity index (χ1) is 7.43. The van der Waals surface area contributed by atoms with E-state index in [0.29, 0.717) is 0 Å². The summed E-state index contributed by atoms with van der Waals surface area (Å²) in [5.41, 5.74) is -0.0693. The molecular weight excluding hydrogens is 216 g/mol. The maximum atomic E-state index is 11.5. The zero-order chi connectivity index (χ0) is 12.3. The van der Waals surface area contributed by atoms with Gasteiger partial charge >= 0.3 is 0 Å². The van der Waals surface area contributed by atoms with Crippen molar-refractivity contribution in [3.8, 4) is 0 Å².